The molecule has 3 rings (SSSR count). The first-order valence-corrected chi connectivity index (χ1v) is 10.2. The molecule has 1 unspecified atom stereocenters. The Bertz CT molecular complexity index is 961. The molecule has 1 fully saturated rings. The topological polar surface area (TPSA) is 73.2 Å². The number of imidazole rings is 1. The van der Waals surface area contributed by atoms with Gasteiger partial charge in [0, 0.05) is 18.2 Å². The van der Waals surface area contributed by atoms with Gasteiger partial charge < -0.3 is 10.1 Å². The van der Waals surface area contributed by atoms with Gasteiger partial charge in [-0.15, -0.1) is 6.58 Å². The number of amides is 1. The zero-order valence-electron chi connectivity index (χ0n) is 17.7. The lowest BCUT2D eigenvalue weighted by atomic mass is 9.88. The fourth-order valence-corrected chi connectivity index (χ4v) is 3.73. The zero-order valence-corrected chi connectivity index (χ0v) is 17.7. The van der Waals surface area contributed by atoms with Crippen LogP contribution in [0.2, 0.25) is 0 Å². The van der Waals surface area contributed by atoms with Crippen LogP contribution in [-0.2, 0) is 15.1 Å². The normalized spacial score (nSPS) is 19.7. The molecule has 6 nitrogen and oxygen atoms in total. The van der Waals surface area contributed by atoms with E-state index in [0.29, 0.717) is 30.8 Å². The van der Waals surface area contributed by atoms with Gasteiger partial charge in [0.15, 0.2) is 0 Å². The minimum absolute atomic E-state index is 0.111. The number of nitrogens with one attached hydrogen (secondary N) is 1. The molecular weight excluding hydrogens is 385 g/mol. The average Bonchev–Trinajstić information content (AvgIpc) is 3.02. The smallest absolute Gasteiger partial charge is 0.420 e. The summed E-state index contributed by atoms with van der Waals surface area (Å²) in [5.74, 6) is -0.230. The van der Waals surface area contributed by atoms with Crippen molar-refractivity contribution in [3.8, 4) is 11.3 Å². The van der Waals surface area contributed by atoms with Gasteiger partial charge in [-0.25, -0.2) is 18.7 Å². The summed E-state index contributed by atoms with van der Waals surface area (Å²) < 4.78 is 21.3. The molecule has 0 saturated carbocycles. The van der Waals surface area contributed by atoms with Crippen molar-refractivity contribution in [1.29, 1.82) is 0 Å². The Morgan fingerprint density at radius 3 is 2.77 bits per heavy atom. The number of halogens is 1. The third-order valence-corrected chi connectivity index (χ3v) is 5.00. The highest BCUT2D eigenvalue weighted by Crippen LogP contribution is 2.35. The lowest BCUT2D eigenvalue weighted by molar-refractivity contribution is -0.122. The minimum atomic E-state index is -0.921. The molecule has 2 aromatic rings. The van der Waals surface area contributed by atoms with Crippen molar-refractivity contribution >= 4 is 12.0 Å². The minimum Gasteiger partial charge on any atom is -0.443 e. The van der Waals surface area contributed by atoms with Crippen molar-refractivity contribution in [3.05, 3.63) is 54.8 Å². The van der Waals surface area contributed by atoms with Crippen LogP contribution in [0.3, 0.4) is 0 Å². The Hall–Kier alpha value is -2.96. The number of carbonyl (C=O) groups is 2. The molecule has 0 aliphatic carbocycles. The molecule has 0 bridgehead atoms. The maximum Gasteiger partial charge on any atom is 0.420 e. The number of ether oxygens (including phenoxy) is 1. The lowest BCUT2D eigenvalue weighted by Crippen LogP contribution is -2.47. The van der Waals surface area contributed by atoms with Gasteiger partial charge in [-0.2, -0.15) is 0 Å². The van der Waals surface area contributed by atoms with Crippen LogP contribution in [0.25, 0.3) is 11.3 Å². The second-order valence-electron chi connectivity index (χ2n) is 8.61. The zero-order chi connectivity index (χ0) is 21.9. The number of hydrogen-bond donors (Lipinski definition) is 1. The van der Waals surface area contributed by atoms with Gasteiger partial charge >= 0.3 is 6.09 Å². The van der Waals surface area contributed by atoms with Gasteiger partial charge in [0.1, 0.15) is 22.8 Å². The van der Waals surface area contributed by atoms with Crippen LogP contribution >= 0.6 is 0 Å². The Morgan fingerprint density at radius 2 is 2.10 bits per heavy atom. The predicted octanol–water partition coefficient (Wildman–Crippen LogP) is 4.93. The van der Waals surface area contributed by atoms with Crippen LogP contribution in [0.15, 0.2) is 43.1 Å². The molecule has 1 aliphatic rings. The fraction of sp³-hybridized carbons (Fsp3) is 0.435. The Balaban J connectivity index is 2.19. The number of aromatic nitrogens is 2. The number of carbonyl (C=O) groups excluding carboxylic acids is 2. The van der Waals surface area contributed by atoms with E-state index in [4.69, 9.17) is 4.74 Å². The fourth-order valence-electron chi connectivity index (χ4n) is 3.73. The van der Waals surface area contributed by atoms with Crippen molar-refractivity contribution in [2.45, 2.75) is 64.0 Å². The Morgan fingerprint density at radius 1 is 1.37 bits per heavy atom. The summed E-state index contributed by atoms with van der Waals surface area (Å²) in [5, 5.41) is 3.05. The van der Waals surface area contributed by atoms with E-state index >= 15 is 0 Å². The monoisotopic (exact) mass is 413 g/mol. The quantitative estimate of drug-likeness (QED) is 0.721. The molecular formula is C23H28FN3O3. The summed E-state index contributed by atoms with van der Waals surface area (Å²) in [5.41, 5.74) is -1.07. The van der Waals surface area contributed by atoms with Crippen molar-refractivity contribution in [3.63, 3.8) is 0 Å². The first-order chi connectivity index (χ1) is 14.1. The number of benzene rings is 1. The van der Waals surface area contributed by atoms with E-state index in [-0.39, 0.29) is 11.5 Å². The van der Waals surface area contributed by atoms with E-state index in [2.05, 4.69) is 16.9 Å². The molecule has 1 aliphatic heterocycles. The average molecular weight is 413 g/mol. The van der Waals surface area contributed by atoms with Crippen molar-refractivity contribution in [1.82, 2.24) is 14.9 Å². The maximum atomic E-state index is 14.4. The molecule has 160 valence electrons. The van der Waals surface area contributed by atoms with Crippen LogP contribution in [0.1, 0.15) is 58.7 Å². The van der Waals surface area contributed by atoms with E-state index < -0.39 is 23.1 Å². The SMILES string of the molecule is C=CCC1(c2nc(-c3ccccc3F)cn2C(=O)OC(C)(C)C)CCCCC(=O)N1. The molecule has 0 radical (unpaired) electrons. The summed E-state index contributed by atoms with van der Waals surface area (Å²) >= 11 is 0. The van der Waals surface area contributed by atoms with Crippen LogP contribution < -0.4 is 5.32 Å². The van der Waals surface area contributed by atoms with Gasteiger partial charge in [0.25, 0.3) is 0 Å². The second kappa shape index (κ2) is 8.42. The summed E-state index contributed by atoms with van der Waals surface area (Å²) in [6.07, 6.45) is 5.45. The molecule has 1 atom stereocenters. The van der Waals surface area contributed by atoms with Gasteiger partial charge in [0.2, 0.25) is 5.91 Å². The summed E-state index contributed by atoms with van der Waals surface area (Å²) in [4.78, 5) is 30.1. The van der Waals surface area contributed by atoms with Crippen LogP contribution in [0.5, 0.6) is 0 Å². The molecule has 1 aromatic heterocycles. The number of hydrogen-bond acceptors (Lipinski definition) is 4. The molecule has 1 amide bonds. The molecule has 0 spiro atoms. The van der Waals surface area contributed by atoms with Crippen LogP contribution in [-0.4, -0.2) is 27.2 Å². The molecule has 1 N–H and O–H groups in total. The van der Waals surface area contributed by atoms with Crippen molar-refractivity contribution < 1.29 is 18.7 Å². The Kier molecular flexibility index (Phi) is 6.10. The second-order valence-corrected chi connectivity index (χ2v) is 8.61. The molecule has 1 aromatic carbocycles. The molecule has 30 heavy (non-hydrogen) atoms. The number of rotatable bonds is 4. The highest BCUT2D eigenvalue weighted by Gasteiger charge is 2.40. The first-order valence-electron chi connectivity index (χ1n) is 10.2. The van der Waals surface area contributed by atoms with Gasteiger partial charge in [-0.1, -0.05) is 24.6 Å². The van der Waals surface area contributed by atoms with E-state index in [1.165, 1.54) is 16.8 Å². The summed E-state index contributed by atoms with van der Waals surface area (Å²) in [6, 6.07) is 6.24. The van der Waals surface area contributed by atoms with E-state index in [1.807, 2.05) is 0 Å². The predicted molar refractivity (Wildman–Crippen MR) is 112 cm³/mol. The molecule has 7 heteroatoms. The third-order valence-electron chi connectivity index (χ3n) is 5.00. The van der Waals surface area contributed by atoms with Gasteiger partial charge in [0.05, 0.1) is 5.69 Å². The van der Waals surface area contributed by atoms with E-state index in [9.17, 15) is 14.0 Å². The van der Waals surface area contributed by atoms with E-state index in [0.717, 1.165) is 12.8 Å². The third kappa shape index (κ3) is 4.61. The van der Waals surface area contributed by atoms with Crippen LogP contribution in [0, 0.1) is 5.82 Å². The molecule has 1 saturated heterocycles. The molecule has 2 heterocycles. The Labute approximate surface area is 176 Å². The van der Waals surface area contributed by atoms with Gasteiger partial charge in [-0.3, -0.25) is 4.79 Å². The van der Waals surface area contributed by atoms with Crippen molar-refractivity contribution in [2.24, 2.45) is 0 Å². The summed E-state index contributed by atoms with van der Waals surface area (Å²) in [7, 11) is 0. The highest BCUT2D eigenvalue weighted by atomic mass is 19.1. The standard InChI is InChI=1S/C23H28FN3O3/c1-5-13-23(14-9-8-12-19(28)26-23)20-25-18(16-10-6-7-11-17(16)24)15-27(20)21(29)30-22(2,3)4/h5-7,10-11,15H,1,8-9,12-14H2,2-4H3,(H,26,28). The van der Waals surface area contributed by atoms with Crippen molar-refractivity contribution in [2.75, 3.05) is 0 Å². The van der Waals surface area contributed by atoms with E-state index in [1.54, 1.807) is 45.0 Å². The number of nitrogens with zero attached hydrogens (tertiary/aromatic N) is 2. The first kappa shape index (κ1) is 21.7. The largest absolute Gasteiger partial charge is 0.443 e. The summed E-state index contributed by atoms with van der Waals surface area (Å²) in [6.45, 7) is 9.14. The van der Waals surface area contributed by atoms with Crippen LogP contribution in [0.4, 0.5) is 9.18 Å². The maximum absolute atomic E-state index is 14.4. The van der Waals surface area contributed by atoms with Gasteiger partial charge in [-0.05, 0) is 52.2 Å². The highest BCUT2D eigenvalue weighted by molar-refractivity contribution is 5.78. The lowest BCUT2D eigenvalue weighted by Gasteiger charge is -2.32.